The Balaban J connectivity index is 1.51. The number of halogens is 1. The highest BCUT2D eigenvalue weighted by Crippen LogP contribution is 2.25. The van der Waals surface area contributed by atoms with Gasteiger partial charge in [-0.1, -0.05) is 11.6 Å². The summed E-state index contributed by atoms with van der Waals surface area (Å²) < 4.78 is 8.71. The molecular formula is C21H24ClN7O3. The van der Waals surface area contributed by atoms with Crippen molar-refractivity contribution in [2.75, 3.05) is 30.9 Å². The van der Waals surface area contributed by atoms with Crippen LogP contribution in [-0.4, -0.2) is 51.4 Å². The van der Waals surface area contributed by atoms with Crippen LogP contribution in [0.5, 0.6) is 0 Å². The highest BCUT2D eigenvalue weighted by Gasteiger charge is 2.26. The van der Waals surface area contributed by atoms with Crippen LogP contribution < -0.4 is 21.5 Å². The molecule has 2 aliphatic rings. The summed E-state index contributed by atoms with van der Waals surface area (Å²) in [6.07, 6.45) is 6.85. The normalized spacial score (nSPS) is 18.5. The Hall–Kier alpha value is -3.11. The standard InChI is InChI=1S/C21H24ClN7O3/c1-23-18-8-17(27-19-15(9-24-29(18)19)20(30)25-13-4-5-13)26-16-7-12(22)10-28(21(16)31)14-3-2-6-32-11-14/h7-10,13-14,23H,2-6,11H2,1H3,(H,25,30)(H,26,27). The third-order valence-corrected chi connectivity index (χ3v) is 5.89. The third-order valence-electron chi connectivity index (χ3n) is 5.69. The van der Waals surface area contributed by atoms with E-state index in [0.717, 1.165) is 25.7 Å². The second kappa shape index (κ2) is 8.44. The maximum atomic E-state index is 13.2. The molecule has 1 saturated heterocycles. The van der Waals surface area contributed by atoms with Crippen LogP contribution in [0.4, 0.5) is 17.3 Å². The number of rotatable bonds is 6. The number of carbonyl (C=O) groups is 1. The Labute approximate surface area is 188 Å². The number of ether oxygens (including phenoxy) is 1. The van der Waals surface area contributed by atoms with Crippen LogP contribution in [0.3, 0.4) is 0 Å². The van der Waals surface area contributed by atoms with Crippen molar-refractivity contribution >= 4 is 40.5 Å². The summed E-state index contributed by atoms with van der Waals surface area (Å²) in [6.45, 7) is 1.18. The van der Waals surface area contributed by atoms with Gasteiger partial charge in [-0.15, -0.1) is 0 Å². The number of nitrogens with one attached hydrogen (secondary N) is 3. The zero-order chi connectivity index (χ0) is 22.2. The lowest BCUT2D eigenvalue weighted by molar-refractivity contribution is 0.0581. The van der Waals surface area contributed by atoms with Crippen LogP contribution in [0.1, 0.15) is 42.1 Å². The van der Waals surface area contributed by atoms with Crippen LogP contribution in [-0.2, 0) is 4.74 Å². The summed E-state index contributed by atoms with van der Waals surface area (Å²) >= 11 is 6.32. The average Bonchev–Trinajstić information content (AvgIpc) is 3.51. The van der Waals surface area contributed by atoms with Crippen molar-refractivity contribution in [3.8, 4) is 0 Å². The van der Waals surface area contributed by atoms with Crippen molar-refractivity contribution in [3.05, 3.63) is 45.5 Å². The molecule has 0 spiro atoms. The van der Waals surface area contributed by atoms with Crippen molar-refractivity contribution < 1.29 is 9.53 Å². The van der Waals surface area contributed by atoms with E-state index in [1.807, 2.05) is 0 Å². The number of nitrogens with zero attached hydrogens (tertiary/aromatic N) is 4. The molecule has 1 atom stereocenters. The maximum Gasteiger partial charge on any atom is 0.274 e. The molecule has 3 N–H and O–H groups in total. The number of hydrogen-bond donors (Lipinski definition) is 3. The van der Waals surface area contributed by atoms with E-state index < -0.39 is 0 Å². The summed E-state index contributed by atoms with van der Waals surface area (Å²) in [7, 11) is 1.75. The zero-order valence-corrected chi connectivity index (χ0v) is 18.4. The minimum atomic E-state index is -0.211. The average molecular weight is 458 g/mol. The summed E-state index contributed by atoms with van der Waals surface area (Å²) in [5, 5.41) is 13.8. The van der Waals surface area contributed by atoms with Gasteiger partial charge in [0.25, 0.3) is 11.5 Å². The number of fused-ring (bicyclic) bond motifs is 1. The number of anilines is 3. The molecule has 1 saturated carbocycles. The van der Waals surface area contributed by atoms with Gasteiger partial charge in [0.1, 0.15) is 22.9 Å². The second-order valence-electron chi connectivity index (χ2n) is 8.10. The van der Waals surface area contributed by atoms with Gasteiger partial charge in [-0.2, -0.15) is 9.61 Å². The van der Waals surface area contributed by atoms with Gasteiger partial charge < -0.3 is 25.3 Å². The molecule has 168 valence electrons. The first kappa shape index (κ1) is 20.8. The maximum absolute atomic E-state index is 13.2. The minimum absolute atomic E-state index is 0.0636. The molecule has 1 aliphatic heterocycles. The molecule has 1 aliphatic carbocycles. The summed E-state index contributed by atoms with van der Waals surface area (Å²) in [4.78, 5) is 30.4. The van der Waals surface area contributed by atoms with E-state index in [-0.39, 0.29) is 23.6 Å². The predicted molar refractivity (Wildman–Crippen MR) is 121 cm³/mol. The molecule has 0 radical (unpaired) electrons. The van der Waals surface area contributed by atoms with Crippen molar-refractivity contribution in [2.24, 2.45) is 0 Å². The van der Waals surface area contributed by atoms with Crippen LogP contribution in [0.2, 0.25) is 5.02 Å². The van der Waals surface area contributed by atoms with E-state index in [2.05, 4.69) is 26.0 Å². The number of pyridine rings is 1. The molecule has 0 aromatic carbocycles. The van der Waals surface area contributed by atoms with Gasteiger partial charge in [0, 0.05) is 32.0 Å². The molecule has 10 nitrogen and oxygen atoms in total. The molecule has 5 rings (SSSR count). The molecule has 3 aromatic rings. The van der Waals surface area contributed by atoms with Gasteiger partial charge in [-0.05, 0) is 31.7 Å². The molecule has 4 heterocycles. The Morgan fingerprint density at radius 3 is 2.84 bits per heavy atom. The molecule has 32 heavy (non-hydrogen) atoms. The number of amides is 1. The molecule has 1 unspecified atom stereocenters. The van der Waals surface area contributed by atoms with E-state index in [4.69, 9.17) is 16.3 Å². The van der Waals surface area contributed by atoms with E-state index in [1.54, 1.807) is 34.5 Å². The number of aromatic nitrogens is 4. The SMILES string of the molecule is CNc1cc(Nc2cc(Cl)cn(C3CCCOC3)c2=O)nc2c(C(=O)NC3CC3)cnn12. The number of carbonyl (C=O) groups excluding carboxylic acids is 1. The Morgan fingerprint density at radius 1 is 1.28 bits per heavy atom. The van der Waals surface area contributed by atoms with E-state index in [1.165, 1.54) is 6.20 Å². The zero-order valence-electron chi connectivity index (χ0n) is 17.6. The first-order valence-corrected chi connectivity index (χ1v) is 11.0. The highest BCUT2D eigenvalue weighted by molar-refractivity contribution is 6.30. The third kappa shape index (κ3) is 4.03. The molecule has 1 amide bonds. The minimum Gasteiger partial charge on any atom is -0.379 e. The van der Waals surface area contributed by atoms with Gasteiger partial charge >= 0.3 is 0 Å². The Kier molecular flexibility index (Phi) is 5.48. The van der Waals surface area contributed by atoms with Gasteiger partial charge in [0.2, 0.25) is 0 Å². The van der Waals surface area contributed by atoms with E-state index in [0.29, 0.717) is 46.8 Å². The van der Waals surface area contributed by atoms with Crippen molar-refractivity contribution in [3.63, 3.8) is 0 Å². The first-order chi connectivity index (χ1) is 15.5. The molecule has 11 heteroatoms. The van der Waals surface area contributed by atoms with E-state index >= 15 is 0 Å². The largest absolute Gasteiger partial charge is 0.379 e. The van der Waals surface area contributed by atoms with Crippen LogP contribution in [0.15, 0.2) is 29.3 Å². The monoisotopic (exact) mass is 457 g/mol. The fourth-order valence-electron chi connectivity index (χ4n) is 3.87. The van der Waals surface area contributed by atoms with Gasteiger partial charge in [0.15, 0.2) is 5.65 Å². The van der Waals surface area contributed by atoms with Crippen molar-refractivity contribution in [1.29, 1.82) is 0 Å². The quantitative estimate of drug-likeness (QED) is 0.521. The lowest BCUT2D eigenvalue weighted by Gasteiger charge is -2.25. The van der Waals surface area contributed by atoms with Gasteiger partial charge in [0.05, 0.1) is 23.9 Å². The van der Waals surface area contributed by atoms with Crippen LogP contribution in [0.25, 0.3) is 5.65 Å². The summed E-state index contributed by atoms with van der Waals surface area (Å²) in [6, 6.07) is 3.45. The fraction of sp³-hybridized carbons (Fsp3) is 0.429. The topological polar surface area (TPSA) is 115 Å². The number of hydrogen-bond acceptors (Lipinski definition) is 7. The van der Waals surface area contributed by atoms with Crippen LogP contribution in [0, 0.1) is 0 Å². The summed E-state index contributed by atoms with van der Waals surface area (Å²) in [5.41, 5.74) is 0.851. The summed E-state index contributed by atoms with van der Waals surface area (Å²) in [5.74, 6) is 0.802. The van der Waals surface area contributed by atoms with Gasteiger partial charge in [-0.25, -0.2) is 4.98 Å². The Bertz CT molecular complexity index is 1230. The van der Waals surface area contributed by atoms with Crippen molar-refractivity contribution in [2.45, 2.75) is 37.8 Å². The fourth-order valence-corrected chi connectivity index (χ4v) is 4.08. The first-order valence-electron chi connectivity index (χ1n) is 10.7. The Morgan fingerprint density at radius 2 is 2.12 bits per heavy atom. The molecule has 0 bridgehead atoms. The molecular weight excluding hydrogens is 434 g/mol. The van der Waals surface area contributed by atoms with Crippen LogP contribution >= 0.6 is 11.6 Å². The van der Waals surface area contributed by atoms with E-state index in [9.17, 15) is 9.59 Å². The van der Waals surface area contributed by atoms with Gasteiger partial charge in [-0.3, -0.25) is 9.59 Å². The second-order valence-corrected chi connectivity index (χ2v) is 8.53. The molecule has 3 aromatic heterocycles. The lowest BCUT2D eigenvalue weighted by Crippen LogP contribution is -2.31. The molecule has 2 fully saturated rings. The smallest absolute Gasteiger partial charge is 0.274 e. The lowest BCUT2D eigenvalue weighted by atomic mass is 10.1. The highest BCUT2D eigenvalue weighted by atomic mass is 35.5. The van der Waals surface area contributed by atoms with Crippen molar-refractivity contribution in [1.82, 2.24) is 24.5 Å². The predicted octanol–water partition coefficient (Wildman–Crippen LogP) is 2.57.